The summed E-state index contributed by atoms with van der Waals surface area (Å²) in [5, 5.41) is 9.18. The monoisotopic (exact) mass is 550 g/mol. The lowest BCUT2D eigenvalue weighted by molar-refractivity contribution is 0.0302. The van der Waals surface area contributed by atoms with E-state index in [0.717, 1.165) is 22.8 Å². The molecule has 6 rings (SSSR count). The predicted octanol–water partition coefficient (Wildman–Crippen LogP) is 4.26. The molecule has 207 valence electrons. The number of carbonyl (C=O) groups excluding carboxylic acids is 2. The fourth-order valence-electron chi connectivity index (χ4n) is 4.88. The van der Waals surface area contributed by atoms with E-state index in [4.69, 9.17) is 4.74 Å². The number of hydrogen-bond acceptors (Lipinski definition) is 8. The topological polar surface area (TPSA) is 117 Å². The molecule has 0 aliphatic carbocycles. The van der Waals surface area contributed by atoms with Crippen LogP contribution in [0.2, 0.25) is 0 Å². The number of fused-ring (bicyclic) bond motifs is 1. The molecule has 11 heteroatoms. The van der Waals surface area contributed by atoms with Gasteiger partial charge in [0, 0.05) is 36.9 Å². The summed E-state index contributed by atoms with van der Waals surface area (Å²) < 4.78 is 5.35. The van der Waals surface area contributed by atoms with Crippen LogP contribution in [0.3, 0.4) is 0 Å². The molecule has 3 aliphatic heterocycles. The average molecular weight is 551 g/mol. The van der Waals surface area contributed by atoms with Gasteiger partial charge >= 0.3 is 11.9 Å². The van der Waals surface area contributed by atoms with E-state index in [1.165, 1.54) is 0 Å². The molecular weight excluding hydrogens is 520 g/mol. The Labute approximate surface area is 237 Å². The van der Waals surface area contributed by atoms with Gasteiger partial charge in [0.25, 0.3) is 5.91 Å². The molecule has 41 heavy (non-hydrogen) atoms. The molecule has 1 radical (unpaired) electrons. The predicted molar refractivity (Wildman–Crippen MR) is 159 cm³/mol. The number of aliphatic imine (C=N–C) groups is 1. The van der Waals surface area contributed by atoms with Crippen molar-refractivity contribution in [1.29, 1.82) is 0 Å². The van der Waals surface area contributed by atoms with Gasteiger partial charge in [-0.15, -0.1) is 0 Å². The first-order chi connectivity index (χ1) is 20.0. The second kappa shape index (κ2) is 11.6. The number of rotatable bonds is 6. The number of urea groups is 1. The van der Waals surface area contributed by atoms with Crippen LogP contribution in [0.25, 0.3) is 0 Å². The molecule has 3 N–H and O–H groups in total. The van der Waals surface area contributed by atoms with Gasteiger partial charge in [-0.25, -0.2) is 9.78 Å². The summed E-state index contributed by atoms with van der Waals surface area (Å²) in [4.78, 5) is 40.4. The first kappa shape index (κ1) is 26.2. The van der Waals surface area contributed by atoms with Crippen molar-refractivity contribution >= 4 is 40.7 Å². The molecule has 4 heterocycles. The zero-order valence-electron chi connectivity index (χ0n) is 22.6. The molecular formula is C30H30N8O3+. The molecule has 3 aliphatic rings. The lowest BCUT2D eigenvalue weighted by Gasteiger charge is -2.28. The molecule has 2 aromatic carbocycles. The van der Waals surface area contributed by atoms with Crippen molar-refractivity contribution in [2.75, 3.05) is 53.8 Å². The van der Waals surface area contributed by atoms with E-state index in [9.17, 15) is 9.59 Å². The quantitative estimate of drug-likeness (QED) is 0.395. The number of nitrogens with one attached hydrogen (secondary N) is 3. The maximum atomic E-state index is 12.8. The minimum absolute atomic E-state index is 0.0487. The maximum Gasteiger partial charge on any atom is 0.323 e. The van der Waals surface area contributed by atoms with Crippen molar-refractivity contribution < 1.29 is 14.3 Å². The Balaban J connectivity index is 1.19. The van der Waals surface area contributed by atoms with Crippen molar-refractivity contribution in [2.45, 2.75) is 6.92 Å². The minimum atomic E-state index is -0.313. The Morgan fingerprint density at radius 3 is 2.59 bits per heavy atom. The number of pyridine rings is 1. The summed E-state index contributed by atoms with van der Waals surface area (Å²) >= 11 is 0. The summed E-state index contributed by atoms with van der Waals surface area (Å²) in [7, 11) is 0. The van der Waals surface area contributed by atoms with Crippen LogP contribution in [-0.2, 0) is 4.74 Å². The average Bonchev–Trinajstić information content (AvgIpc) is 3.48. The van der Waals surface area contributed by atoms with E-state index in [2.05, 4.69) is 30.8 Å². The molecule has 1 fully saturated rings. The molecule has 11 nitrogen and oxygen atoms in total. The lowest BCUT2D eigenvalue weighted by atomic mass is 10.1. The Morgan fingerprint density at radius 2 is 1.80 bits per heavy atom. The van der Waals surface area contributed by atoms with Crippen LogP contribution in [0.15, 0.2) is 96.1 Å². The van der Waals surface area contributed by atoms with Crippen molar-refractivity contribution in [2.24, 2.45) is 4.99 Å². The number of carbonyl (C=O) groups is 2. The number of para-hydroxylation sites is 1. The van der Waals surface area contributed by atoms with Crippen LogP contribution in [0.4, 0.5) is 27.7 Å². The van der Waals surface area contributed by atoms with Gasteiger partial charge in [0.1, 0.15) is 11.5 Å². The van der Waals surface area contributed by atoms with E-state index in [1.54, 1.807) is 29.4 Å². The Bertz CT molecular complexity index is 1530. The largest absolute Gasteiger partial charge is 0.378 e. The molecule has 0 bridgehead atoms. The van der Waals surface area contributed by atoms with Gasteiger partial charge in [-0.05, 0) is 48.9 Å². The van der Waals surface area contributed by atoms with Crippen LogP contribution < -0.4 is 25.8 Å². The molecule has 3 amide bonds. The first-order valence-corrected chi connectivity index (χ1v) is 13.4. The summed E-state index contributed by atoms with van der Waals surface area (Å²) in [5.41, 5.74) is 4.56. The molecule has 0 atom stereocenters. The van der Waals surface area contributed by atoms with Crippen LogP contribution in [-0.4, -0.2) is 60.6 Å². The SMILES string of the molecule is Cc1c(NC(=O)Nc2ccccc2)cccc1N1C=C(Nc2ccc(C(=O)N3CCOCC3)cn2)C2=NC=C[N+]2C1. The number of benzene rings is 2. The van der Waals surface area contributed by atoms with E-state index in [1.807, 2.05) is 72.8 Å². The molecule has 0 spiro atoms. The molecule has 1 saturated heterocycles. The van der Waals surface area contributed by atoms with Crippen molar-refractivity contribution in [3.8, 4) is 0 Å². The molecule has 0 saturated carbocycles. The van der Waals surface area contributed by atoms with Crippen molar-refractivity contribution in [3.05, 3.63) is 102 Å². The Hall–Kier alpha value is -5.00. The van der Waals surface area contributed by atoms with E-state index < -0.39 is 0 Å². The number of amides is 3. The van der Waals surface area contributed by atoms with E-state index in [-0.39, 0.29) is 11.9 Å². The highest BCUT2D eigenvalue weighted by Crippen LogP contribution is 2.30. The van der Waals surface area contributed by atoms with Gasteiger partial charge in [0.2, 0.25) is 6.67 Å². The lowest BCUT2D eigenvalue weighted by Crippen LogP contribution is -2.46. The number of hydrogen-bond donors (Lipinski definition) is 3. The third-order valence-electron chi connectivity index (χ3n) is 7.01. The number of amidine groups is 1. The van der Waals surface area contributed by atoms with Gasteiger partial charge in [-0.3, -0.25) is 9.69 Å². The number of anilines is 4. The van der Waals surface area contributed by atoms with Crippen LogP contribution in [0.1, 0.15) is 15.9 Å². The second-order valence-electron chi connectivity index (χ2n) is 9.73. The van der Waals surface area contributed by atoms with Crippen molar-refractivity contribution in [3.63, 3.8) is 0 Å². The third-order valence-corrected chi connectivity index (χ3v) is 7.01. The Kier molecular flexibility index (Phi) is 7.44. The van der Waals surface area contributed by atoms with Gasteiger partial charge in [0.15, 0.2) is 6.20 Å². The van der Waals surface area contributed by atoms with Crippen molar-refractivity contribution in [1.82, 2.24) is 14.8 Å². The summed E-state index contributed by atoms with van der Waals surface area (Å²) in [6.07, 6.45) is 7.24. The standard InChI is InChI=1S/C30H30N8O3/c1-21-24(35-30(40)33-23-6-3-2-4-7-23)8-5-9-26(21)38-19-25(28-31-12-13-37(28)20-38)34-27-11-10-22(18-32-27)29(39)36-14-16-41-17-15-36/h2-13,18-19H,14-17,20H2,1H3,(H,32,34)(H2,33,35,40)/q+1. The number of nitrogens with zero attached hydrogens (tertiary/aromatic N) is 5. The normalized spacial score (nSPS) is 16.5. The number of ether oxygens (including phenoxy) is 1. The molecule has 0 unspecified atom stereocenters. The van der Waals surface area contributed by atoms with Gasteiger partial charge in [-0.1, -0.05) is 29.2 Å². The summed E-state index contributed by atoms with van der Waals surface area (Å²) in [6, 6.07) is 18.4. The van der Waals surface area contributed by atoms with Gasteiger partial charge in [0.05, 0.1) is 30.7 Å². The highest BCUT2D eigenvalue weighted by Gasteiger charge is 2.36. The zero-order chi connectivity index (χ0) is 28.2. The summed E-state index contributed by atoms with van der Waals surface area (Å²) in [5.74, 6) is 1.31. The van der Waals surface area contributed by atoms with Crippen LogP contribution in [0.5, 0.6) is 0 Å². The fraction of sp³-hybridized carbons (Fsp3) is 0.200. The number of aromatic nitrogens is 1. The second-order valence-corrected chi connectivity index (χ2v) is 9.73. The van der Waals surface area contributed by atoms with Gasteiger partial charge in [-0.2, -0.15) is 4.99 Å². The number of morpholine rings is 1. The minimum Gasteiger partial charge on any atom is -0.378 e. The van der Waals surface area contributed by atoms with Gasteiger partial charge < -0.3 is 25.6 Å². The van der Waals surface area contributed by atoms with E-state index in [0.29, 0.717) is 55.7 Å². The summed E-state index contributed by atoms with van der Waals surface area (Å²) in [6.45, 7) is 4.78. The Morgan fingerprint density at radius 1 is 0.976 bits per heavy atom. The zero-order valence-corrected chi connectivity index (χ0v) is 22.6. The van der Waals surface area contributed by atoms with Crippen LogP contribution in [0, 0.1) is 6.92 Å². The smallest absolute Gasteiger partial charge is 0.323 e. The van der Waals surface area contributed by atoms with E-state index >= 15 is 0 Å². The highest BCUT2D eigenvalue weighted by molar-refractivity contribution is 6.06. The third kappa shape index (κ3) is 5.81. The maximum absolute atomic E-state index is 12.8. The van der Waals surface area contributed by atoms with Crippen LogP contribution >= 0.6 is 0 Å². The highest BCUT2D eigenvalue weighted by atomic mass is 16.5. The molecule has 3 aromatic rings. The molecule has 1 aromatic heterocycles. The fourth-order valence-corrected chi connectivity index (χ4v) is 4.88. The first-order valence-electron chi connectivity index (χ1n) is 13.4.